The van der Waals surface area contributed by atoms with E-state index in [-0.39, 0.29) is 5.41 Å². The van der Waals surface area contributed by atoms with Crippen LogP contribution in [0, 0.1) is 6.92 Å². The summed E-state index contributed by atoms with van der Waals surface area (Å²) in [4.78, 5) is 4.58. The zero-order valence-corrected chi connectivity index (χ0v) is 11.4. The van der Waals surface area contributed by atoms with Gasteiger partial charge in [-0.25, -0.2) is 0 Å². The lowest BCUT2D eigenvalue weighted by atomic mass is 9.90. The van der Waals surface area contributed by atoms with Crippen molar-refractivity contribution in [1.82, 2.24) is 15.5 Å². The Kier molecular flexibility index (Phi) is 3.11. The molecule has 1 aromatic heterocycles. The molecule has 0 spiro atoms. The van der Waals surface area contributed by atoms with Crippen LogP contribution in [0.15, 0.2) is 28.8 Å². The minimum atomic E-state index is -0.00299. The first-order valence-corrected chi connectivity index (χ1v) is 6.76. The van der Waals surface area contributed by atoms with Crippen LogP contribution in [0.3, 0.4) is 0 Å². The predicted octanol–water partition coefficient (Wildman–Crippen LogP) is 2.22. The quantitative estimate of drug-likeness (QED) is 0.916. The van der Waals surface area contributed by atoms with E-state index >= 15 is 0 Å². The zero-order valence-electron chi connectivity index (χ0n) is 11.4. The molecule has 19 heavy (non-hydrogen) atoms. The lowest BCUT2D eigenvalue weighted by molar-refractivity contribution is 0.304. The number of nitrogens with one attached hydrogen (secondary N) is 1. The molecule has 0 aliphatic carbocycles. The van der Waals surface area contributed by atoms with Crippen LogP contribution in [-0.2, 0) is 11.8 Å². The van der Waals surface area contributed by atoms with Crippen LogP contribution >= 0.6 is 0 Å². The van der Waals surface area contributed by atoms with Gasteiger partial charge in [-0.05, 0) is 37.9 Å². The van der Waals surface area contributed by atoms with Gasteiger partial charge in [-0.2, -0.15) is 4.98 Å². The van der Waals surface area contributed by atoms with Gasteiger partial charge in [0.25, 0.3) is 0 Å². The summed E-state index contributed by atoms with van der Waals surface area (Å²) in [7, 11) is 0. The molecule has 0 saturated carbocycles. The molecule has 2 heterocycles. The summed E-state index contributed by atoms with van der Waals surface area (Å²) in [5.74, 6) is 1.54. The van der Waals surface area contributed by atoms with Crippen LogP contribution in [0.2, 0.25) is 0 Å². The Morgan fingerprint density at radius 2 is 2.21 bits per heavy atom. The molecule has 0 amide bonds. The maximum absolute atomic E-state index is 5.46. The standard InChI is InChI=1S/C15H19N3O/c1-11-5-3-4-6-12(11)9-13-17-14(19-18-13)15(2)7-8-16-10-15/h3-6,16H,7-10H2,1-2H3. The lowest BCUT2D eigenvalue weighted by Crippen LogP contribution is -2.25. The van der Waals surface area contributed by atoms with Crippen molar-refractivity contribution in [2.45, 2.75) is 32.1 Å². The number of hydrogen-bond donors (Lipinski definition) is 1. The predicted molar refractivity (Wildman–Crippen MR) is 73.1 cm³/mol. The molecule has 1 unspecified atom stereocenters. The van der Waals surface area contributed by atoms with Crippen LogP contribution in [-0.4, -0.2) is 23.2 Å². The average molecular weight is 257 g/mol. The summed E-state index contributed by atoms with van der Waals surface area (Å²) >= 11 is 0. The molecular formula is C15H19N3O. The summed E-state index contributed by atoms with van der Waals surface area (Å²) in [6.07, 6.45) is 1.79. The fraction of sp³-hybridized carbons (Fsp3) is 0.467. The van der Waals surface area contributed by atoms with Crippen LogP contribution in [0.25, 0.3) is 0 Å². The third-order valence-corrected chi connectivity index (χ3v) is 3.96. The third-order valence-electron chi connectivity index (χ3n) is 3.96. The zero-order chi connectivity index (χ0) is 13.3. The van der Waals surface area contributed by atoms with Gasteiger partial charge in [-0.3, -0.25) is 0 Å². The van der Waals surface area contributed by atoms with Crippen molar-refractivity contribution < 1.29 is 4.52 Å². The molecule has 1 aliphatic heterocycles. The number of rotatable bonds is 3. The summed E-state index contributed by atoms with van der Waals surface area (Å²) in [5.41, 5.74) is 2.52. The molecule has 1 atom stereocenters. The molecule has 0 radical (unpaired) electrons. The van der Waals surface area contributed by atoms with Crippen molar-refractivity contribution in [3.63, 3.8) is 0 Å². The maximum atomic E-state index is 5.46. The van der Waals surface area contributed by atoms with Gasteiger partial charge < -0.3 is 9.84 Å². The first kappa shape index (κ1) is 12.4. The highest BCUT2D eigenvalue weighted by Crippen LogP contribution is 2.28. The van der Waals surface area contributed by atoms with E-state index in [4.69, 9.17) is 4.52 Å². The Labute approximate surface area is 113 Å². The second kappa shape index (κ2) is 4.78. The van der Waals surface area contributed by atoms with E-state index in [1.165, 1.54) is 11.1 Å². The lowest BCUT2D eigenvalue weighted by Gasteiger charge is -2.15. The van der Waals surface area contributed by atoms with Crippen LogP contribution in [0.4, 0.5) is 0 Å². The number of benzene rings is 1. The highest BCUT2D eigenvalue weighted by Gasteiger charge is 2.36. The number of aromatic nitrogens is 2. The number of aryl methyl sites for hydroxylation is 1. The molecule has 1 aliphatic rings. The Hall–Kier alpha value is -1.68. The topological polar surface area (TPSA) is 51.0 Å². The van der Waals surface area contributed by atoms with Crippen molar-refractivity contribution in [3.05, 3.63) is 47.1 Å². The Morgan fingerprint density at radius 3 is 2.95 bits per heavy atom. The Bertz CT molecular complexity index is 570. The minimum absolute atomic E-state index is 0.00299. The molecular weight excluding hydrogens is 238 g/mol. The van der Waals surface area contributed by atoms with Gasteiger partial charge in [0, 0.05) is 13.0 Å². The summed E-state index contributed by atoms with van der Waals surface area (Å²) < 4.78 is 5.46. The van der Waals surface area contributed by atoms with Crippen molar-refractivity contribution in [3.8, 4) is 0 Å². The molecule has 100 valence electrons. The molecule has 4 nitrogen and oxygen atoms in total. The first-order valence-electron chi connectivity index (χ1n) is 6.76. The van der Waals surface area contributed by atoms with Gasteiger partial charge in [0.2, 0.25) is 5.89 Å². The average Bonchev–Trinajstić information content (AvgIpc) is 3.02. The van der Waals surface area contributed by atoms with Crippen LogP contribution in [0.1, 0.15) is 36.2 Å². The smallest absolute Gasteiger partial charge is 0.233 e. The Balaban J connectivity index is 1.80. The van der Waals surface area contributed by atoms with Gasteiger partial charge in [-0.1, -0.05) is 29.4 Å². The highest BCUT2D eigenvalue weighted by atomic mass is 16.5. The highest BCUT2D eigenvalue weighted by molar-refractivity contribution is 5.28. The van der Waals surface area contributed by atoms with Gasteiger partial charge in [0.1, 0.15) is 0 Å². The van der Waals surface area contributed by atoms with Crippen molar-refractivity contribution >= 4 is 0 Å². The van der Waals surface area contributed by atoms with E-state index < -0.39 is 0 Å². The fourth-order valence-corrected chi connectivity index (χ4v) is 2.55. The van der Waals surface area contributed by atoms with Gasteiger partial charge in [0.15, 0.2) is 5.82 Å². The second-order valence-corrected chi connectivity index (χ2v) is 5.61. The summed E-state index contributed by atoms with van der Waals surface area (Å²) in [6.45, 7) is 6.22. The number of nitrogens with zero attached hydrogens (tertiary/aromatic N) is 2. The van der Waals surface area contributed by atoms with Gasteiger partial charge >= 0.3 is 0 Å². The van der Waals surface area contributed by atoms with Gasteiger partial charge in [-0.15, -0.1) is 0 Å². The second-order valence-electron chi connectivity index (χ2n) is 5.61. The first-order chi connectivity index (χ1) is 9.17. The minimum Gasteiger partial charge on any atom is -0.339 e. The van der Waals surface area contributed by atoms with Gasteiger partial charge in [0.05, 0.1) is 5.41 Å². The summed E-state index contributed by atoms with van der Waals surface area (Å²) in [5, 5.41) is 7.48. The maximum Gasteiger partial charge on any atom is 0.233 e. The molecule has 1 aromatic carbocycles. The molecule has 4 heteroatoms. The summed E-state index contributed by atoms with van der Waals surface area (Å²) in [6, 6.07) is 8.32. The molecule has 0 bridgehead atoms. The molecule has 1 saturated heterocycles. The van der Waals surface area contributed by atoms with Crippen LogP contribution < -0.4 is 5.32 Å². The van der Waals surface area contributed by atoms with Crippen molar-refractivity contribution in [2.75, 3.05) is 13.1 Å². The van der Waals surface area contributed by atoms with E-state index in [1.54, 1.807) is 0 Å². The van der Waals surface area contributed by atoms with Crippen molar-refractivity contribution in [1.29, 1.82) is 0 Å². The van der Waals surface area contributed by atoms with E-state index in [0.717, 1.165) is 37.6 Å². The molecule has 1 N–H and O–H groups in total. The third kappa shape index (κ3) is 2.40. The molecule has 3 rings (SSSR count). The SMILES string of the molecule is Cc1ccccc1Cc1noc(C2(C)CCNC2)n1. The largest absolute Gasteiger partial charge is 0.339 e. The molecule has 2 aromatic rings. The van der Waals surface area contributed by atoms with E-state index in [9.17, 15) is 0 Å². The van der Waals surface area contributed by atoms with E-state index in [2.05, 4.69) is 41.4 Å². The molecule has 1 fully saturated rings. The normalized spacial score (nSPS) is 22.8. The number of hydrogen-bond acceptors (Lipinski definition) is 4. The van der Waals surface area contributed by atoms with Crippen molar-refractivity contribution in [2.24, 2.45) is 0 Å². The fourth-order valence-electron chi connectivity index (χ4n) is 2.55. The van der Waals surface area contributed by atoms with Crippen LogP contribution in [0.5, 0.6) is 0 Å². The van der Waals surface area contributed by atoms with E-state index in [0.29, 0.717) is 0 Å². The van der Waals surface area contributed by atoms with E-state index in [1.807, 2.05) is 12.1 Å². The Morgan fingerprint density at radius 1 is 1.37 bits per heavy atom. The monoisotopic (exact) mass is 257 g/mol.